The molecule has 1 aliphatic rings. The average molecular weight is 184 g/mol. The summed E-state index contributed by atoms with van der Waals surface area (Å²) in [5.74, 6) is 5.52. The van der Waals surface area contributed by atoms with Gasteiger partial charge in [0.15, 0.2) is 0 Å². The fraction of sp³-hybridized carbons (Fsp3) is 0.800. The molecule has 1 aliphatic carbocycles. The smallest absolute Gasteiger partial charge is 0.0847 e. The molecule has 0 aromatic heterocycles. The van der Waals surface area contributed by atoms with Crippen molar-refractivity contribution >= 4 is 0 Å². The molecule has 0 aromatic carbocycles. The van der Waals surface area contributed by atoms with Crippen LogP contribution in [0.5, 0.6) is 0 Å². The van der Waals surface area contributed by atoms with Crippen molar-refractivity contribution in [2.45, 2.75) is 43.7 Å². The minimum Gasteiger partial charge on any atom is -0.377 e. The molecule has 0 spiro atoms. The summed E-state index contributed by atoms with van der Waals surface area (Å²) in [5, 5.41) is 0. The Kier molecular flexibility index (Phi) is 3.90. The van der Waals surface area contributed by atoms with E-state index in [9.17, 15) is 0 Å². The molecule has 1 saturated carbocycles. The summed E-state index contributed by atoms with van der Waals surface area (Å²) >= 11 is 0. The largest absolute Gasteiger partial charge is 0.377 e. The van der Waals surface area contributed by atoms with Crippen molar-refractivity contribution in [3.8, 4) is 0 Å². The van der Waals surface area contributed by atoms with Crippen molar-refractivity contribution < 1.29 is 4.74 Å². The second-order valence-electron chi connectivity index (χ2n) is 3.72. The zero-order chi connectivity index (χ0) is 9.73. The number of hydrogen-bond donors (Lipinski definition) is 2. The van der Waals surface area contributed by atoms with E-state index in [-0.39, 0.29) is 11.6 Å². The summed E-state index contributed by atoms with van der Waals surface area (Å²) in [4.78, 5) is 0. The number of nitrogens with two attached hydrogens (primary N) is 1. The first-order valence-electron chi connectivity index (χ1n) is 4.91. The average Bonchev–Trinajstić information content (AvgIpc) is 2.63. The van der Waals surface area contributed by atoms with Crippen LogP contribution in [0.1, 0.15) is 32.1 Å². The Bertz CT molecular complexity index is 164. The van der Waals surface area contributed by atoms with Gasteiger partial charge in [-0.25, -0.2) is 0 Å². The van der Waals surface area contributed by atoms with Crippen molar-refractivity contribution in [3.63, 3.8) is 0 Å². The van der Waals surface area contributed by atoms with Gasteiger partial charge in [0.1, 0.15) is 0 Å². The molecule has 0 saturated heterocycles. The molecule has 0 heterocycles. The van der Waals surface area contributed by atoms with E-state index in [1.54, 1.807) is 7.11 Å². The lowest BCUT2D eigenvalue weighted by molar-refractivity contribution is -0.0348. The van der Waals surface area contributed by atoms with Gasteiger partial charge in [0.05, 0.1) is 11.6 Å². The normalized spacial score (nSPS) is 22.9. The minimum absolute atomic E-state index is 0.0526. The van der Waals surface area contributed by atoms with Crippen LogP contribution >= 0.6 is 0 Å². The molecule has 0 aliphatic heterocycles. The SMILES string of the molecule is C=CCC(NN)C1(OC)CCCC1. The van der Waals surface area contributed by atoms with Gasteiger partial charge < -0.3 is 4.74 Å². The monoisotopic (exact) mass is 184 g/mol. The van der Waals surface area contributed by atoms with E-state index in [1.807, 2.05) is 6.08 Å². The lowest BCUT2D eigenvalue weighted by Gasteiger charge is -2.35. The van der Waals surface area contributed by atoms with E-state index in [1.165, 1.54) is 12.8 Å². The first kappa shape index (κ1) is 10.7. The lowest BCUT2D eigenvalue weighted by atomic mass is 9.90. The molecule has 0 amide bonds. The van der Waals surface area contributed by atoms with Gasteiger partial charge in [-0.1, -0.05) is 18.9 Å². The van der Waals surface area contributed by atoms with E-state index >= 15 is 0 Å². The second kappa shape index (κ2) is 4.74. The van der Waals surface area contributed by atoms with Crippen LogP contribution in [-0.2, 0) is 4.74 Å². The van der Waals surface area contributed by atoms with Crippen molar-refractivity contribution in [3.05, 3.63) is 12.7 Å². The van der Waals surface area contributed by atoms with E-state index in [2.05, 4.69) is 12.0 Å². The molecule has 1 unspecified atom stereocenters. The van der Waals surface area contributed by atoms with Crippen LogP contribution in [-0.4, -0.2) is 18.8 Å². The number of hydrogen-bond acceptors (Lipinski definition) is 3. The van der Waals surface area contributed by atoms with E-state index in [0.29, 0.717) is 0 Å². The molecule has 3 nitrogen and oxygen atoms in total. The third kappa shape index (κ3) is 2.10. The molecular weight excluding hydrogens is 164 g/mol. The Morgan fingerprint density at radius 2 is 2.23 bits per heavy atom. The maximum atomic E-state index is 5.61. The standard InChI is InChI=1S/C10H20N2O/c1-3-6-9(12-11)10(13-2)7-4-5-8-10/h3,9,12H,1,4-8,11H2,2H3. The molecule has 1 rings (SSSR count). The van der Waals surface area contributed by atoms with Crippen molar-refractivity contribution in [2.75, 3.05) is 7.11 Å². The fourth-order valence-electron chi connectivity index (χ4n) is 2.27. The second-order valence-corrected chi connectivity index (χ2v) is 3.72. The van der Waals surface area contributed by atoms with E-state index in [0.717, 1.165) is 19.3 Å². The Balaban J connectivity index is 2.65. The molecule has 1 fully saturated rings. The molecule has 3 N–H and O–H groups in total. The topological polar surface area (TPSA) is 47.3 Å². The maximum Gasteiger partial charge on any atom is 0.0847 e. The Morgan fingerprint density at radius 1 is 1.62 bits per heavy atom. The zero-order valence-corrected chi connectivity index (χ0v) is 8.38. The highest BCUT2D eigenvalue weighted by atomic mass is 16.5. The molecule has 0 aromatic rings. The lowest BCUT2D eigenvalue weighted by Crippen LogP contribution is -2.52. The third-order valence-corrected chi connectivity index (χ3v) is 3.10. The van der Waals surface area contributed by atoms with Crippen molar-refractivity contribution in [1.29, 1.82) is 0 Å². The number of rotatable bonds is 5. The quantitative estimate of drug-likeness (QED) is 0.385. The number of nitrogens with one attached hydrogen (secondary N) is 1. The molecule has 76 valence electrons. The predicted molar refractivity (Wildman–Crippen MR) is 54.1 cm³/mol. The predicted octanol–water partition coefficient (Wildman–Crippen LogP) is 1.35. The maximum absolute atomic E-state index is 5.61. The van der Waals surface area contributed by atoms with Gasteiger partial charge in [0.2, 0.25) is 0 Å². The van der Waals surface area contributed by atoms with Crippen LogP contribution < -0.4 is 11.3 Å². The summed E-state index contributed by atoms with van der Waals surface area (Å²) in [6.45, 7) is 3.73. The first-order valence-corrected chi connectivity index (χ1v) is 4.91. The molecule has 13 heavy (non-hydrogen) atoms. The first-order chi connectivity index (χ1) is 6.29. The van der Waals surface area contributed by atoms with Gasteiger partial charge in [-0.15, -0.1) is 6.58 Å². The van der Waals surface area contributed by atoms with Gasteiger partial charge in [-0.2, -0.15) is 0 Å². The Morgan fingerprint density at radius 3 is 2.62 bits per heavy atom. The summed E-state index contributed by atoms with van der Waals surface area (Å²) in [5.41, 5.74) is 2.79. The van der Waals surface area contributed by atoms with Crippen LogP contribution in [0.25, 0.3) is 0 Å². The summed E-state index contributed by atoms with van der Waals surface area (Å²) in [6, 6.07) is 0.206. The highest BCUT2D eigenvalue weighted by Crippen LogP contribution is 2.36. The molecular formula is C10H20N2O. The summed E-state index contributed by atoms with van der Waals surface area (Å²) in [6.07, 6.45) is 7.44. The molecule has 1 atom stereocenters. The van der Waals surface area contributed by atoms with Crippen LogP contribution in [0.15, 0.2) is 12.7 Å². The third-order valence-electron chi connectivity index (χ3n) is 3.10. The highest BCUT2D eigenvalue weighted by molar-refractivity contribution is 4.98. The fourth-order valence-corrected chi connectivity index (χ4v) is 2.27. The van der Waals surface area contributed by atoms with E-state index in [4.69, 9.17) is 10.6 Å². The molecule has 0 radical (unpaired) electrons. The van der Waals surface area contributed by atoms with Gasteiger partial charge >= 0.3 is 0 Å². The number of hydrazine groups is 1. The van der Waals surface area contributed by atoms with Crippen LogP contribution in [0, 0.1) is 0 Å². The molecule has 0 bridgehead atoms. The summed E-state index contributed by atoms with van der Waals surface area (Å²) in [7, 11) is 1.78. The van der Waals surface area contributed by atoms with Gasteiger partial charge in [-0.3, -0.25) is 11.3 Å². The van der Waals surface area contributed by atoms with Crippen molar-refractivity contribution in [2.24, 2.45) is 5.84 Å². The number of ether oxygens (including phenoxy) is 1. The molecule has 3 heteroatoms. The van der Waals surface area contributed by atoms with Crippen LogP contribution in [0.3, 0.4) is 0 Å². The van der Waals surface area contributed by atoms with Crippen LogP contribution in [0.4, 0.5) is 0 Å². The highest BCUT2D eigenvalue weighted by Gasteiger charge is 2.40. The van der Waals surface area contributed by atoms with Gasteiger partial charge in [0, 0.05) is 7.11 Å². The minimum atomic E-state index is -0.0526. The van der Waals surface area contributed by atoms with E-state index < -0.39 is 0 Å². The zero-order valence-electron chi connectivity index (χ0n) is 8.38. The summed E-state index contributed by atoms with van der Waals surface area (Å²) < 4.78 is 5.61. The van der Waals surface area contributed by atoms with Crippen molar-refractivity contribution in [1.82, 2.24) is 5.43 Å². The van der Waals surface area contributed by atoms with Crippen LogP contribution in [0.2, 0.25) is 0 Å². The van der Waals surface area contributed by atoms with Gasteiger partial charge in [0.25, 0.3) is 0 Å². The number of methoxy groups -OCH3 is 1. The Hall–Kier alpha value is -0.380. The van der Waals surface area contributed by atoms with Gasteiger partial charge in [-0.05, 0) is 19.3 Å². The Labute approximate surface area is 80.3 Å².